The molecule has 2 aliphatic rings. The lowest BCUT2D eigenvalue weighted by atomic mass is 9.78. The zero-order valence-corrected chi connectivity index (χ0v) is 20.1. The van der Waals surface area contributed by atoms with Gasteiger partial charge < -0.3 is 15.4 Å². The third-order valence-corrected chi connectivity index (χ3v) is 6.65. The van der Waals surface area contributed by atoms with Crippen LogP contribution in [0, 0.1) is 12.8 Å². The quantitative estimate of drug-likeness (QED) is 0.437. The highest BCUT2D eigenvalue weighted by atomic mass is 16.5. The second-order valence-electron chi connectivity index (χ2n) is 9.85. The zero-order valence-electron chi connectivity index (χ0n) is 20.1. The molecule has 0 radical (unpaired) electrons. The molecule has 1 heterocycles. The van der Waals surface area contributed by atoms with Crippen LogP contribution >= 0.6 is 0 Å². The lowest BCUT2D eigenvalue weighted by Gasteiger charge is -2.30. The minimum absolute atomic E-state index is 0.141. The van der Waals surface area contributed by atoms with E-state index in [9.17, 15) is 4.79 Å². The lowest BCUT2D eigenvalue weighted by Crippen LogP contribution is -2.26. The first-order valence-corrected chi connectivity index (χ1v) is 12.2. The molecule has 5 rings (SSSR count). The van der Waals surface area contributed by atoms with Crippen molar-refractivity contribution in [3.8, 4) is 5.75 Å². The van der Waals surface area contributed by atoms with E-state index in [-0.39, 0.29) is 17.7 Å². The van der Waals surface area contributed by atoms with E-state index < -0.39 is 0 Å². The molecule has 2 N–H and O–H groups in total. The molecule has 0 saturated carbocycles. The Balaban J connectivity index is 1.48. The van der Waals surface area contributed by atoms with Gasteiger partial charge in [0.25, 0.3) is 0 Å². The standard InChI is InChI=1S/C30H32N2O2/c1-19(2)18-34-24-14-12-21(13-15-24)23-16-27-29(28(33)17-23)30(22-10-8-20(3)9-11-22)32-26-7-5-4-6-25(26)31-27/h4-15,19,23,30-32H,16-18H2,1-3H3. The predicted octanol–water partition coefficient (Wildman–Crippen LogP) is 7.01. The highest BCUT2D eigenvalue weighted by Crippen LogP contribution is 2.44. The molecule has 0 saturated heterocycles. The molecule has 0 bridgehead atoms. The summed E-state index contributed by atoms with van der Waals surface area (Å²) >= 11 is 0. The first kappa shape index (κ1) is 22.3. The number of allylic oxidation sites excluding steroid dienone is 1. The fraction of sp³-hybridized carbons (Fsp3) is 0.300. The van der Waals surface area contributed by atoms with Crippen LogP contribution in [0.15, 0.2) is 84.1 Å². The van der Waals surface area contributed by atoms with Gasteiger partial charge in [0, 0.05) is 17.7 Å². The Morgan fingerprint density at radius 3 is 2.26 bits per heavy atom. The van der Waals surface area contributed by atoms with E-state index in [1.807, 2.05) is 24.3 Å². The largest absolute Gasteiger partial charge is 0.493 e. The molecular weight excluding hydrogens is 420 g/mol. The van der Waals surface area contributed by atoms with E-state index in [2.05, 4.69) is 79.9 Å². The van der Waals surface area contributed by atoms with Crippen molar-refractivity contribution in [2.45, 2.75) is 45.6 Å². The smallest absolute Gasteiger partial charge is 0.163 e. The summed E-state index contributed by atoms with van der Waals surface area (Å²) in [5.41, 5.74) is 7.39. The number of ketones is 1. The first-order valence-electron chi connectivity index (χ1n) is 12.2. The number of nitrogens with one attached hydrogen (secondary N) is 2. The fourth-order valence-corrected chi connectivity index (χ4v) is 4.84. The Labute approximate surface area is 202 Å². The average molecular weight is 453 g/mol. The number of ether oxygens (including phenoxy) is 1. The van der Waals surface area contributed by atoms with Crippen LogP contribution in [0.25, 0.3) is 0 Å². The molecule has 2 atom stereocenters. The molecule has 0 aromatic heterocycles. The van der Waals surface area contributed by atoms with Gasteiger partial charge in [0.2, 0.25) is 0 Å². The Morgan fingerprint density at radius 2 is 1.56 bits per heavy atom. The molecule has 4 heteroatoms. The van der Waals surface area contributed by atoms with Crippen LogP contribution in [-0.2, 0) is 4.79 Å². The third kappa shape index (κ3) is 4.58. The molecule has 174 valence electrons. The van der Waals surface area contributed by atoms with Crippen LogP contribution in [0.4, 0.5) is 11.4 Å². The topological polar surface area (TPSA) is 50.4 Å². The van der Waals surface area contributed by atoms with Crippen LogP contribution < -0.4 is 15.4 Å². The number of carbonyl (C=O) groups excluding carboxylic acids is 1. The number of Topliss-reactive ketones (excluding diaryl/α,β-unsaturated/α-hetero) is 1. The summed E-state index contributed by atoms with van der Waals surface area (Å²) in [7, 11) is 0. The zero-order chi connectivity index (χ0) is 23.7. The van der Waals surface area contributed by atoms with Gasteiger partial charge >= 0.3 is 0 Å². The van der Waals surface area contributed by atoms with E-state index >= 15 is 0 Å². The summed E-state index contributed by atoms with van der Waals surface area (Å²) in [6, 6.07) is 24.8. The molecule has 1 aliphatic heterocycles. The van der Waals surface area contributed by atoms with Crippen molar-refractivity contribution < 1.29 is 9.53 Å². The van der Waals surface area contributed by atoms with E-state index in [4.69, 9.17) is 4.74 Å². The first-order chi connectivity index (χ1) is 16.5. The van der Waals surface area contributed by atoms with Gasteiger partial charge in [-0.3, -0.25) is 4.79 Å². The SMILES string of the molecule is Cc1ccc(C2Nc3ccccc3NC3=C2C(=O)CC(c2ccc(OCC(C)C)cc2)C3)cc1. The monoisotopic (exact) mass is 452 g/mol. The summed E-state index contributed by atoms with van der Waals surface area (Å²) in [6.07, 6.45) is 1.30. The van der Waals surface area contributed by atoms with Crippen molar-refractivity contribution in [2.24, 2.45) is 5.92 Å². The summed E-state index contributed by atoms with van der Waals surface area (Å²) in [5, 5.41) is 7.27. The number of hydrogen-bond acceptors (Lipinski definition) is 4. The molecule has 0 amide bonds. The summed E-state index contributed by atoms with van der Waals surface area (Å²) < 4.78 is 5.85. The number of para-hydroxylation sites is 2. The van der Waals surface area contributed by atoms with E-state index in [0.29, 0.717) is 18.9 Å². The maximum Gasteiger partial charge on any atom is 0.163 e. The number of benzene rings is 3. The molecule has 2 unspecified atom stereocenters. The highest BCUT2D eigenvalue weighted by molar-refractivity contribution is 6.01. The molecular formula is C30H32N2O2. The number of rotatable bonds is 5. The molecule has 3 aromatic rings. The Kier molecular flexibility index (Phi) is 6.14. The Bertz CT molecular complexity index is 1210. The van der Waals surface area contributed by atoms with E-state index in [0.717, 1.165) is 40.4 Å². The summed E-state index contributed by atoms with van der Waals surface area (Å²) in [5.74, 6) is 1.71. The van der Waals surface area contributed by atoms with Crippen molar-refractivity contribution in [1.29, 1.82) is 0 Å². The van der Waals surface area contributed by atoms with Gasteiger partial charge in [0.15, 0.2) is 5.78 Å². The van der Waals surface area contributed by atoms with Gasteiger partial charge in [-0.25, -0.2) is 0 Å². The van der Waals surface area contributed by atoms with Gasteiger partial charge in [-0.1, -0.05) is 67.9 Å². The third-order valence-electron chi connectivity index (χ3n) is 6.65. The number of anilines is 2. The normalized spacial score (nSPS) is 19.6. The number of aryl methyl sites for hydroxylation is 1. The minimum Gasteiger partial charge on any atom is -0.493 e. The van der Waals surface area contributed by atoms with Crippen LogP contribution in [0.3, 0.4) is 0 Å². The summed E-state index contributed by atoms with van der Waals surface area (Å²) in [4.78, 5) is 13.6. The van der Waals surface area contributed by atoms with Crippen LogP contribution in [0.2, 0.25) is 0 Å². The Hall–Kier alpha value is -3.53. The van der Waals surface area contributed by atoms with Gasteiger partial charge in [-0.05, 0) is 60.6 Å². The fourth-order valence-electron chi connectivity index (χ4n) is 4.84. The molecule has 0 spiro atoms. The molecule has 4 nitrogen and oxygen atoms in total. The van der Waals surface area contributed by atoms with Crippen molar-refractivity contribution >= 4 is 17.2 Å². The summed E-state index contributed by atoms with van der Waals surface area (Å²) in [6.45, 7) is 7.07. The number of carbonyl (C=O) groups is 1. The van der Waals surface area contributed by atoms with Crippen molar-refractivity contribution in [2.75, 3.05) is 17.2 Å². The van der Waals surface area contributed by atoms with Gasteiger partial charge in [0.1, 0.15) is 5.75 Å². The predicted molar refractivity (Wildman–Crippen MR) is 138 cm³/mol. The highest BCUT2D eigenvalue weighted by Gasteiger charge is 2.36. The number of hydrogen-bond donors (Lipinski definition) is 2. The molecule has 1 aliphatic carbocycles. The van der Waals surface area contributed by atoms with E-state index in [1.54, 1.807) is 0 Å². The molecule has 3 aromatic carbocycles. The van der Waals surface area contributed by atoms with Crippen molar-refractivity contribution in [1.82, 2.24) is 0 Å². The van der Waals surface area contributed by atoms with Gasteiger partial charge in [-0.15, -0.1) is 0 Å². The number of fused-ring (bicyclic) bond motifs is 1. The second kappa shape index (κ2) is 9.38. The van der Waals surface area contributed by atoms with E-state index in [1.165, 1.54) is 11.1 Å². The average Bonchev–Trinajstić information content (AvgIpc) is 3.00. The minimum atomic E-state index is -0.174. The Morgan fingerprint density at radius 1 is 0.882 bits per heavy atom. The molecule has 34 heavy (non-hydrogen) atoms. The van der Waals surface area contributed by atoms with Crippen LogP contribution in [0.5, 0.6) is 5.75 Å². The van der Waals surface area contributed by atoms with Crippen molar-refractivity contribution in [3.63, 3.8) is 0 Å². The van der Waals surface area contributed by atoms with Crippen LogP contribution in [-0.4, -0.2) is 12.4 Å². The van der Waals surface area contributed by atoms with Crippen molar-refractivity contribution in [3.05, 3.63) is 101 Å². The van der Waals surface area contributed by atoms with Gasteiger partial charge in [-0.2, -0.15) is 0 Å². The molecule has 0 fully saturated rings. The lowest BCUT2D eigenvalue weighted by molar-refractivity contribution is -0.116. The second-order valence-corrected chi connectivity index (χ2v) is 9.85. The van der Waals surface area contributed by atoms with Gasteiger partial charge in [0.05, 0.1) is 24.0 Å². The maximum absolute atomic E-state index is 13.6. The maximum atomic E-state index is 13.6. The van der Waals surface area contributed by atoms with Crippen LogP contribution in [0.1, 0.15) is 55.3 Å².